The minimum Gasteiger partial charge on any atom is -0.452 e. The Morgan fingerprint density at radius 2 is 1.42 bits per heavy atom. The number of hydrogen-bond acceptors (Lipinski definition) is 2. The molecule has 3 heterocycles. The molecule has 0 aromatic carbocycles. The fourth-order valence-electron chi connectivity index (χ4n) is 7.36. The Bertz CT molecular complexity index is 736. The molecule has 2 saturated carbocycles. The number of ether oxygens (including phenoxy) is 2. The van der Waals surface area contributed by atoms with Crippen molar-refractivity contribution in [1.29, 1.82) is 0 Å². The van der Waals surface area contributed by atoms with E-state index in [4.69, 9.17) is 20.9 Å². The molecule has 2 fully saturated rings. The van der Waals surface area contributed by atoms with Crippen LogP contribution in [0.4, 0.5) is 0 Å². The molecule has 4 nitrogen and oxygen atoms in total. The molecule has 0 radical (unpaired) electrons. The van der Waals surface area contributed by atoms with Crippen LogP contribution in [0.25, 0.3) is 0 Å². The third kappa shape index (κ3) is 3.43. The zero-order chi connectivity index (χ0) is 21.8. The van der Waals surface area contributed by atoms with Gasteiger partial charge in [-0.2, -0.15) is 0 Å². The molecule has 0 N–H and O–H groups in total. The van der Waals surface area contributed by atoms with Crippen molar-refractivity contribution in [2.45, 2.75) is 116 Å². The van der Waals surface area contributed by atoms with Gasteiger partial charge in [0.25, 0.3) is 0 Å². The van der Waals surface area contributed by atoms with E-state index in [1.54, 1.807) is 0 Å². The molecule has 0 saturated heterocycles. The molecule has 1 aromatic rings. The first-order chi connectivity index (χ1) is 14.9. The lowest BCUT2D eigenvalue weighted by atomic mass is 9.27. The van der Waals surface area contributed by atoms with Crippen molar-refractivity contribution in [1.82, 2.24) is 4.57 Å². The van der Waals surface area contributed by atoms with Gasteiger partial charge in [0.1, 0.15) is 25.3 Å². The van der Waals surface area contributed by atoms with E-state index in [2.05, 4.69) is 36.8 Å². The van der Waals surface area contributed by atoms with Crippen molar-refractivity contribution in [3.8, 4) is 11.8 Å². The normalized spacial score (nSPS) is 27.5. The summed E-state index contributed by atoms with van der Waals surface area (Å²) in [5, 5.41) is 0. The van der Waals surface area contributed by atoms with Crippen LogP contribution in [-0.4, -0.2) is 23.3 Å². The summed E-state index contributed by atoms with van der Waals surface area (Å²) in [5.41, 5.74) is 0.177. The number of rotatable bonds is 5. The first-order valence-electron chi connectivity index (χ1n) is 13.2. The molecular weight excluding hydrogens is 407 g/mol. The average Bonchev–Trinajstić information content (AvgIpc) is 3.46. The molecule has 0 amide bonds. The van der Waals surface area contributed by atoms with Gasteiger partial charge in [0, 0.05) is 0 Å². The second-order valence-electron chi connectivity index (χ2n) is 11.6. The Balaban J connectivity index is 1.73. The zero-order valence-corrected chi connectivity index (χ0v) is 20.9. The van der Waals surface area contributed by atoms with E-state index in [1.807, 2.05) is 0 Å². The maximum absolute atomic E-state index is 8.18. The number of imidazole rings is 1. The molecule has 2 aliphatic heterocycles. The molecule has 0 bridgehead atoms. The molecule has 0 spiro atoms. The van der Waals surface area contributed by atoms with Crippen LogP contribution >= 0.6 is 11.5 Å². The van der Waals surface area contributed by atoms with Crippen LogP contribution in [0.5, 0.6) is 11.8 Å². The molecule has 6 heteroatoms. The fourth-order valence-corrected chi connectivity index (χ4v) is 8.08. The molecule has 0 unspecified atom stereocenters. The quantitative estimate of drug-likeness (QED) is 0.407. The summed E-state index contributed by atoms with van der Waals surface area (Å²) in [6.45, 7) is 10.8. The lowest BCUT2D eigenvalue weighted by Crippen LogP contribution is -2.68. The summed E-state index contributed by atoms with van der Waals surface area (Å²) >= 11 is 8.18. The molecule has 4 aliphatic rings. The van der Waals surface area contributed by atoms with Crippen molar-refractivity contribution < 1.29 is 14.0 Å². The third-order valence-electron chi connectivity index (χ3n) is 9.17. The van der Waals surface area contributed by atoms with E-state index in [0.717, 1.165) is 25.0 Å². The monoisotopic (exact) mass is 448 g/mol. The fraction of sp³-hybridized carbons (Fsp3) is 0.880. The highest BCUT2D eigenvalue weighted by Gasteiger charge is 2.56. The molecule has 1 aromatic heterocycles. The van der Waals surface area contributed by atoms with Gasteiger partial charge in [-0.05, 0) is 11.8 Å². The van der Waals surface area contributed by atoms with E-state index in [0.29, 0.717) is 35.6 Å². The predicted molar refractivity (Wildman–Crippen MR) is 128 cm³/mol. The van der Waals surface area contributed by atoms with Crippen molar-refractivity contribution in [2.75, 3.05) is 13.2 Å². The highest BCUT2D eigenvalue weighted by molar-refractivity contribution is 7.28. The average molecular weight is 449 g/mol. The lowest BCUT2D eigenvalue weighted by Gasteiger charge is -2.49. The van der Waals surface area contributed by atoms with Crippen LogP contribution < -0.4 is 19.8 Å². The largest absolute Gasteiger partial charge is 0.452 e. The standard InChI is InChI=1S/C25H42BClN2O2/c1-17(2)21-15-30-23-24-29(22(16-31-24)18(3)4)25(28(21)23)26(27,19-11-7-5-8-12-19)20-13-9-6-10-14-20/h17-22H,5-16H2,1-4H3/t21-,22-/m1/s1. The van der Waals surface area contributed by atoms with Crippen molar-refractivity contribution in [3.05, 3.63) is 0 Å². The topological polar surface area (TPSA) is 27.3 Å². The smallest absolute Gasteiger partial charge is 0.370 e. The van der Waals surface area contributed by atoms with Crippen LogP contribution in [0.1, 0.15) is 104 Å². The van der Waals surface area contributed by atoms with Gasteiger partial charge >= 0.3 is 11.8 Å². The van der Waals surface area contributed by atoms with Crippen molar-refractivity contribution in [2.24, 2.45) is 11.8 Å². The molecule has 174 valence electrons. The first-order valence-corrected chi connectivity index (χ1v) is 13.7. The van der Waals surface area contributed by atoms with E-state index in [-0.39, 0.29) is 0 Å². The summed E-state index contributed by atoms with van der Waals surface area (Å²) in [4.78, 5) is 0. The van der Waals surface area contributed by atoms with Crippen LogP contribution in [0.15, 0.2) is 0 Å². The van der Waals surface area contributed by atoms with Crippen LogP contribution in [0.3, 0.4) is 0 Å². The minimum absolute atomic E-state index is 0.353. The van der Waals surface area contributed by atoms with Gasteiger partial charge < -0.3 is 20.9 Å². The number of aromatic nitrogens is 2. The van der Waals surface area contributed by atoms with Gasteiger partial charge in [-0.3, -0.25) is 0 Å². The maximum atomic E-state index is 8.18. The van der Waals surface area contributed by atoms with Crippen LogP contribution in [-0.2, 0) is 0 Å². The summed E-state index contributed by atoms with van der Waals surface area (Å²) in [6.07, 6.45) is 13.2. The second kappa shape index (κ2) is 8.50. The van der Waals surface area contributed by atoms with Gasteiger partial charge in [-0.1, -0.05) is 91.9 Å². The van der Waals surface area contributed by atoms with Crippen molar-refractivity contribution in [3.63, 3.8) is 0 Å². The lowest BCUT2D eigenvalue weighted by molar-refractivity contribution is -0.695. The molecule has 5 rings (SSSR count). The van der Waals surface area contributed by atoms with Crippen molar-refractivity contribution >= 4 is 22.7 Å². The van der Waals surface area contributed by atoms with Gasteiger partial charge in [-0.15, -0.1) is 11.6 Å². The SMILES string of the molecule is CC(C)[C@H]1COc2c3[n+](c([B-](Cl)(C4CCCCC4)C4CCCCC4)n21)[C@@H](C(C)C)CO3. The molecular formula is C25H42BClN2O2. The highest BCUT2D eigenvalue weighted by Crippen LogP contribution is 2.52. The summed E-state index contributed by atoms with van der Waals surface area (Å²) < 4.78 is 17.8. The molecule has 2 aliphatic carbocycles. The summed E-state index contributed by atoms with van der Waals surface area (Å²) in [6, 6.07) is 0.707. The predicted octanol–water partition coefficient (Wildman–Crippen LogP) is 6.01. The van der Waals surface area contributed by atoms with Gasteiger partial charge in [0.15, 0.2) is 0 Å². The third-order valence-corrected chi connectivity index (χ3v) is 10.1. The summed E-state index contributed by atoms with van der Waals surface area (Å²) in [5.74, 6) is 4.18. The van der Waals surface area contributed by atoms with E-state index >= 15 is 0 Å². The minimum atomic E-state index is -1.22. The molecule has 2 atom stereocenters. The Morgan fingerprint density at radius 3 is 1.94 bits per heavy atom. The Morgan fingerprint density at radius 1 is 0.839 bits per heavy atom. The highest BCUT2D eigenvalue weighted by atomic mass is 35.5. The van der Waals surface area contributed by atoms with Crippen LogP contribution in [0.2, 0.25) is 11.6 Å². The number of fused-ring (bicyclic) bond motifs is 3. The van der Waals surface area contributed by atoms with E-state index in [9.17, 15) is 0 Å². The second-order valence-corrected chi connectivity index (χ2v) is 12.4. The number of halogens is 1. The van der Waals surface area contributed by atoms with E-state index < -0.39 is 5.56 Å². The Hall–Kier alpha value is -0.835. The summed E-state index contributed by atoms with van der Waals surface area (Å²) in [7, 11) is 0. The Labute approximate surface area is 193 Å². The maximum Gasteiger partial charge on any atom is 0.370 e. The van der Waals surface area contributed by atoms with Gasteiger partial charge in [0.05, 0.1) is 5.72 Å². The zero-order valence-electron chi connectivity index (χ0n) is 20.1. The van der Waals surface area contributed by atoms with Gasteiger partial charge in [0.2, 0.25) is 5.56 Å². The Kier molecular flexibility index (Phi) is 6.03. The number of nitrogens with zero attached hydrogens (tertiary/aromatic N) is 2. The van der Waals surface area contributed by atoms with E-state index in [1.165, 1.54) is 69.9 Å². The van der Waals surface area contributed by atoms with Gasteiger partial charge in [-0.25, -0.2) is 9.13 Å². The molecule has 31 heavy (non-hydrogen) atoms. The first kappa shape index (κ1) is 22.0. The number of hydrogen-bond donors (Lipinski definition) is 0. The van der Waals surface area contributed by atoms with Crippen LogP contribution in [0, 0.1) is 11.8 Å².